The van der Waals surface area contributed by atoms with Crippen LogP contribution < -0.4 is 10.1 Å². The molecule has 1 aromatic carbocycles. The van der Waals surface area contributed by atoms with Gasteiger partial charge in [0.25, 0.3) is 0 Å². The maximum absolute atomic E-state index is 10.4. The summed E-state index contributed by atoms with van der Waals surface area (Å²) in [5.41, 5.74) is 2.60. The van der Waals surface area contributed by atoms with E-state index in [1.165, 1.54) is 0 Å². The fourth-order valence-corrected chi connectivity index (χ4v) is 2.01. The monoisotopic (exact) mass is 269 g/mol. The molecule has 5 heteroatoms. The third kappa shape index (κ3) is 3.17. The molecule has 0 saturated carbocycles. The molecule has 0 aliphatic rings. The normalized spacial score (nSPS) is 9.94. The number of benzene rings is 1. The van der Waals surface area contributed by atoms with Crippen LogP contribution in [0.3, 0.4) is 0 Å². The number of halogens is 1. The second-order valence-corrected chi connectivity index (χ2v) is 4.18. The van der Waals surface area contributed by atoms with Gasteiger partial charge in [0.15, 0.2) is 0 Å². The van der Waals surface area contributed by atoms with Crippen LogP contribution in [-0.2, 0) is 6.42 Å². The Morgan fingerprint density at radius 3 is 2.83 bits per heavy atom. The van der Waals surface area contributed by atoms with Gasteiger partial charge in [-0.25, -0.2) is 4.79 Å². The van der Waals surface area contributed by atoms with E-state index >= 15 is 0 Å². The van der Waals surface area contributed by atoms with Crippen LogP contribution in [0.1, 0.15) is 16.7 Å². The number of ether oxygens (including phenoxy) is 1. The van der Waals surface area contributed by atoms with E-state index in [9.17, 15) is 4.79 Å². The minimum atomic E-state index is -1.05. The zero-order valence-electron chi connectivity index (χ0n) is 10.4. The van der Waals surface area contributed by atoms with E-state index < -0.39 is 6.09 Å². The molecule has 0 radical (unpaired) electrons. The molecule has 0 aromatic heterocycles. The molecule has 1 aromatic rings. The first-order valence-corrected chi connectivity index (χ1v) is 5.84. The Hall–Kier alpha value is -1.68. The summed E-state index contributed by atoms with van der Waals surface area (Å²) < 4.78 is 5.36. The van der Waals surface area contributed by atoms with E-state index in [4.69, 9.17) is 21.4 Å². The minimum absolute atomic E-state index is 0.307. The number of amides is 1. The molecule has 2 N–H and O–H groups in total. The zero-order valence-corrected chi connectivity index (χ0v) is 11.2. The van der Waals surface area contributed by atoms with E-state index in [-0.39, 0.29) is 0 Å². The highest BCUT2D eigenvalue weighted by atomic mass is 35.5. The first kappa shape index (κ1) is 14.4. The Morgan fingerprint density at radius 1 is 1.67 bits per heavy atom. The Bertz CT molecular complexity index is 472. The van der Waals surface area contributed by atoms with Crippen molar-refractivity contribution >= 4 is 23.8 Å². The molecule has 1 rings (SSSR count). The van der Waals surface area contributed by atoms with E-state index in [1.54, 1.807) is 19.3 Å². The first-order chi connectivity index (χ1) is 8.51. The number of nitrogens with one attached hydrogen (secondary N) is 1. The van der Waals surface area contributed by atoms with Gasteiger partial charge < -0.3 is 15.2 Å². The van der Waals surface area contributed by atoms with Gasteiger partial charge in [0, 0.05) is 17.1 Å². The molecule has 0 saturated heterocycles. The van der Waals surface area contributed by atoms with Crippen LogP contribution in [0, 0.1) is 6.92 Å². The average Bonchev–Trinajstić information content (AvgIpc) is 2.32. The molecule has 0 aliphatic heterocycles. The van der Waals surface area contributed by atoms with Gasteiger partial charge in [0.1, 0.15) is 5.75 Å². The summed E-state index contributed by atoms with van der Waals surface area (Å²) in [4.78, 5) is 10.4. The second-order valence-electron chi connectivity index (χ2n) is 3.78. The van der Waals surface area contributed by atoms with Crippen LogP contribution in [0.2, 0.25) is 5.02 Å². The Kier molecular flexibility index (Phi) is 5.04. The summed E-state index contributed by atoms with van der Waals surface area (Å²) in [5, 5.41) is 11.5. The van der Waals surface area contributed by atoms with Crippen molar-refractivity contribution in [2.24, 2.45) is 0 Å². The van der Waals surface area contributed by atoms with Crippen LogP contribution in [0.5, 0.6) is 5.75 Å². The number of hydrogen-bond donors (Lipinski definition) is 2. The molecule has 0 spiro atoms. The smallest absolute Gasteiger partial charge is 0.404 e. The summed E-state index contributed by atoms with van der Waals surface area (Å²) in [6, 6.07) is 1.80. The Morgan fingerprint density at radius 2 is 2.33 bits per heavy atom. The van der Waals surface area contributed by atoms with Crippen molar-refractivity contribution in [2.75, 3.05) is 13.7 Å². The molecule has 18 heavy (non-hydrogen) atoms. The second kappa shape index (κ2) is 6.31. The maximum Gasteiger partial charge on any atom is 0.404 e. The molecule has 0 unspecified atom stereocenters. The van der Waals surface area contributed by atoms with Crippen LogP contribution in [-0.4, -0.2) is 24.9 Å². The average molecular weight is 270 g/mol. The lowest BCUT2D eigenvalue weighted by Gasteiger charge is -2.15. The lowest BCUT2D eigenvalue weighted by atomic mass is 10.0. The van der Waals surface area contributed by atoms with Gasteiger partial charge in [0.2, 0.25) is 0 Å². The molecule has 0 atom stereocenters. The van der Waals surface area contributed by atoms with Gasteiger partial charge in [0.05, 0.1) is 7.11 Å². The van der Waals surface area contributed by atoms with Crippen molar-refractivity contribution in [1.29, 1.82) is 0 Å². The maximum atomic E-state index is 10.4. The van der Waals surface area contributed by atoms with Crippen LogP contribution in [0.15, 0.2) is 12.6 Å². The molecule has 0 fully saturated rings. The minimum Gasteiger partial charge on any atom is -0.496 e. The van der Waals surface area contributed by atoms with E-state index in [2.05, 4.69) is 11.9 Å². The fraction of sp³-hybridized carbons (Fsp3) is 0.308. The predicted molar refractivity (Wildman–Crippen MR) is 72.6 cm³/mol. The zero-order chi connectivity index (χ0) is 13.7. The standard InChI is InChI=1S/C13H16ClNO3/c1-4-10-8(2)11(14)7-9(12(10)18-3)5-6-15-13(16)17/h4,7,15H,1,5-6H2,2-3H3,(H,16,17). The molecule has 4 nitrogen and oxygen atoms in total. The third-order valence-electron chi connectivity index (χ3n) is 2.68. The van der Waals surface area contributed by atoms with Gasteiger partial charge in [-0.2, -0.15) is 0 Å². The van der Waals surface area contributed by atoms with E-state index in [0.717, 1.165) is 16.7 Å². The fourth-order valence-electron chi connectivity index (χ4n) is 1.78. The van der Waals surface area contributed by atoms with Gasteiger partial charge >= 0.3 is 6.09 Å². The predicted octanol–water partition coefficient (Wildman–Crippen LogP) is 3.11. The molecular formula is C13H16ClNO3. The summed E-state index contributed by atoms with van der Waals surface area (Å²) >= 11 is 6.13. The Labute approximate surface area is 111 Å². The summed E-state index contributed by atoms with van der Waals surface area (Å²) in [6.07, 6.45) is 1.15. The Balaban J connectivity index is 3.06. The molecule has 98 valence electrons. The van der Waals surface area contributed by atoms with Crippen molar-refractivity contribution in [3.63, 3.8) is 0 Å². The molecule has 1 amide bonds. The number of carboxylic acid groups (broad SMARTS) is 1. The number of rotatable bonds is 5. The third-order valence-corrected chi connectivity index (χ3v) is 3.07. The summed E-state index contributed by atoms with van der Waals surface area (Å²) in [6.45, 7) is 5.94. The van der Waals surface area contributed by atoms with Gasteiger partial charge in [-0.1, -0.05) is 24.3 Å². The highest BCUT2D eigenvalue weighted by Crippen LogP contribution is 2.33. The first-order valence-electron chi connectivity index (χ1n) is 5.46. The van der Waals surface area contributed by atoms with Gasteiger partial charge in [-0.15, -0.1) is 0 Å². The topological polar surface area (TPSA) is 58.6 Å². The van der Waals surface area contributed by atoms with Crippen LogP contribution in [0.25, 0.3) is 6.08 Å². The van der Waals surface area contributed by atoms with Crippen molar-refractivity contribution in [1.82, 2.24) is 5.32 Å². The largest absolute Gasteiger partial charge is 0.496 e. The SMILES string of the molecule is C=Cc1c(C)c(Cl)cc(CCNC(=O)O)c1OC. The highest BCUT2D eigenvalue weighted by Gasteiger charge is 2.13. The molecule has 0 heterocycles. The lowest BCUT2D eigenvalue weighted by molar-refractivity contribution is 0.194. The van der Waals surface area contributed by atoms with Gasteiger partial charge in [-0.05, 0) is 30.5 Å². The van der Waals surface area contributed by atoms with Crippen molar-refractivity contribution in [3.8, 4) is 5.75 Å². The number of methoxy groups -OCH3 is 1. The van der Waals surface area contributed by atoms with Gasteiger partial charge in [-0.3, -0.25) is 0 Å². The number of carbonyl (C=O) groups is 1. The van der Waals surface area contributed by atoms with E-state index in [1.807, 2.05) is 6.92 Å². The quantitative estimate of drug-likeness (QED) is 0.863. The lowest BCUT2D eigenvalue weighted by Crippen LogP contribution is -2.23. The number of hydrogen-bond acceptors (Lipinski definition) is 2. The summed E-state index contributed by atoms with van der Waals surface area (Å²) in [5.74, 6) is 0.694. The summed E-state index contributed by atoms with van der Waals surface area (Å²) in [7, 11) is 1.57. The van der Waals surface area contributed by atoms with Crippen molar-refractivity contribution in [3.05, 3.63) is 34.4 Å². The molecule has 0 aliphatic carbocycles. The highest BCUT2D eigenvalue weighted by molar-refractivity contribution is 6.31. The molecule has 0 bridgehead atoms. The van der Waals surface area contributed by atoms with E-state index in [0.29, 0.717) is 23.7 Å². The van der Waals surface area contributed by atoms with Crippen LogP contribution >= 0.6 is 11.6 Å². The van der Waals surface area contributed by atoms with Crippen molar-refractivity contribution in [2.45, 2.75) is 13.3 Å². The van der Waals surface area contributed by atoms with Crippen molar-refractivity contribution < 1.29 is 14.6 Å². The molecular weight excluding hydrogens is 254 g/mol. The van der Waals surface area contributed by atoms with Crippen LogP contribution in [0.4, 0.5) is 4.79 Å².